The van der Waals surface area contributed by atoms with Crippen molar-refractivity contribution in [1.82, 2.24) is 10.6 Å². The van der Waals surface area contributed by atoms with E-state index in [1.807, 2.05) is 13.8 Å². The molecule has 108 valence electrons. The van der Waals surface area contributed by atoms with Crippen molar-refractivity contribution in [1.29, 1.82) is 0 Å². The standard InChI is InChI=1S/C13H23N3O2S/c1-8(2)11(12(14)19)13(18)15-7-3-4-10(17)16-9-5-6-9/h8-9,11H,3-7H2,1-2H3,(H2,14,19)(H,15,18)(H,16,17). The fourth-order valence-corrected chi connectivity index (χ4v) is 2.24. The lowest BCUT2D eigenvalue weighted by molar-refractivity contribution is -0.124. The lowest BCUT2D eigenvalue weighted by Crippen LogP contribution is -2.41. The number of hydrogen-bond donors (Lipinski definition) is 3. The van der Waals surface area contributed by atoms with Gasteiger partial charge < -0.3 is 16.4 Å². The summed E-state index contributed by atoms with van der Waals surface area (Å²) >= 11 is 4.90. The minimum atomic E-state index is -0.435. The van der Waals surface area contributed by atoms with Crippen molar-refractivity contribution < 1.29 is 9.59 Å². The van der Waals surface area contributed by atoms with Crippen LogP contribution in [-0.4, -0.2) is 29.4 Å². The molecule has 0 aliphatic heterocycles. The lowest BCUT2D eigenvalue weighted by Gasteiger charge is -2.18. The highest BCUT2D eigenvalue weighted by Crippen LogP contribution is 2.18. The quantitative estimate of drug-likeness (QED) is 0.453. The Kier molecular flexibility index (Phi) is 6.21. The molecule has 1 fully saturated rings. The van der Waals surface area contributed by atoms with Gasteiger partial charge in [0.2, 0.25) is 11.8 Å². The van der Waals surface area contributed by atoms with Crippen molar-refractivity contribution in [2.75, 3.05) is 6.54 Å². The zero-order chi connectivity index (χ0) is 14.4. The predicted octanol–water partition coefficient (Wildman–Crippen LogP) is 0.720. The minimum absolute atomic E-state index is 0.0616. The van der Waals surface area contributed by atoms with E-state index in [-0.39, 0.29) is 22.7 Å². The van der Waals surface area contributed by atoms with Gasteiger partial charge in [0.15, 0.2) is 0 Å². The number of thiocarbonyl (C=S) groups is 1. The molecule has 0 aromatic heterocycles. The van der Waals surface area contributed by atoms with Crippen molar-refractivity contribution in [2.24, 2.45) is 17.6 Å². The first-order valence-electron chi connectivity index (χ1n) is 6.78. The van der Waals surface area contributed by atoms with Crippen molar-refractivity contribution in [2.45, 2.75) is 45.6 Å². The average Bonchev–Trinajstić information content (AvgIpc) is 3.07. The molecule has 1 aliphatic carbocycles. The number of nitrogens with two attached hydrogens (primary N) is 1. The minimum Gasteiger partial charge on any atom is -0.393 e. The molecule has 0 radical (unpaired) electrons. The van der Waals surface area contributed by atoms with E-state index in [9.17, 15) is 9.59 Å². The van der Waals surface area contributed by atoms with Crippen LogP contribution in [0.1, 0.15) is 39.5 Å². The molecule has 1 aliphatic rings. The van der Waals surface area contributed by atoms with Crippen LogP contribution in [0, 0.1) is 11.8 Å². The van der Waals surface area contributed by atoms with Crippen molar-refractivity contribution in [3.8, 4) is 0 Å². The smallest absolute Gasteiger partial charge is 0.230 e. The highest BCUT2D eigenvalue weighted by atomic mass is 32.1. The Morgan fingerprint density at radius 3 is 2.47 bits per heavy atom. The van der Waals surface area contributed by atoms with Gasteiger partial charge in [0, 0.05) is 19.0 Å². The van der Waals surface area contributed by atoms with E-state index in [1.54, 1.807) is 0 Å². The van der Waals surface area contributed by atoms with Crippen LogP contribution in [-0.2, 0) is 9.59 Å². The fraction of sp³-hybridized carbons (Fsp3) is 0.769. The molecular weight excluding hydrogens is 262 g/mol. The van der Waals surface area contributed by atoms with Gasteiger partial charge in [-0.15, -0.1) is 0 Å². The summed E-state index contributed by atoms with van der Waals surface area (Å²) in [6.07, 6.45) is 3.25. The maximum Gasteiger partial charge on any atom is 0.230 e. The molecule has 0 saturated heterocycles. The van der Waals surface area contributed by atoms with Crippen LogP contribution in [0.3, 0.4) is 0 Å². The Hall–Kier alpha value is -1.17. The SMILES string of the molecule is CC(C)C(C(=O)NCCCC(=O)NC1CC1)C(N)=S. The number of amides is 2. The van der Waals surface area contributed by atoms with Gasteiger partial charge in [0.05, 0.1) is 10.9 Å². The molecule has 19 heavy (non-hydrogen) atoms. The Morgan fingerprint density at radius 2 is 2.00 bits per heavy atom. The molecule has 0 aromatic rings. The molecule has 1 rings (SSSR count). The summed E-state index contributed by atoms with van der Waals surface area (Å²) in [5.41, 5.74) is 5.56. The Labute approximate surface area is 119 Å². The summed E-state index contributed by atoms with van der Waals surface area (Å²) in [6, 6.07) is 0.391. The van der Waals surface area contributed by atoms with Gasteiger partial charge in [-0.3, -0.25) is 9.59 Å². The predicted molar refractivity (Wildman–Crippen MR) is 78.5 cm³/mol. The summed E-state index contributed by atoms with van der Waals surface area (Å²) < 4.78 is 0. The monoisotopic (exact) mass is 285 g/mol. The molecule has 5 nitrogen and oxygen atoms in total. The second-order valence-corrected chi connectivity index (χ2v) is 5.83. The van der Waals surface area contributed by atoms with Gasteiger partial charge >= 0.3 is 0 Å². The fourth-order valence-electron chi connectivity index (χ4n) is 1.86. The molecule has 0 aromatic carbocycles. The summed E-state index contributed by atoms with van der Waals surface area (Å²) in [4.78, 5) is 23.5. The van der Waals surface area contributed by atoms with Crippen molar-refractivity contribution in [3.05, 3.63) is 0 Å². The molecule has 1 saturated carbocycles. The van der Waals surface area contributed by atoms with Crippen LogP contribution in [0.2, 0.25) is 0 Å². The normalized spacial score (nSPS) is 15.9. The Morgan fingerprint density at radius 1 is 1.37 bits per heavy atom. The van der Waals surface area contributed by atoms with Gasteiger partial charge in [-0.2, -0.15) is 0 Å². The van der Waals surface area contributed by atoms with Gasteiger partial charge in [0.25, 0.3) is 0 Å². The van der Waals surface area contributed by atoms with E-state index in [4.69, 9.17) is 18.0 Å². The second kappa shape index (κ2) is 7.43. The number of carbonyl (C=O) groups excluding carboxylic acids is 2. The molecule has 0 spiro atoms. The molecule has 1 atom stereocenters. The van der Waals surface area contributed by atoms with Gasteiger partial charge in [-0.25, -0.2) is 0 Å². The molecule has 6 heteroatoms. The Bertz CT molecular complexity index is 354. The third-order valence-electron chi connectivity index (χ3n) is 3.08. The molecular formula is C13H23N3O2S. The molecule has 4 N–H and O–H groups in total. The first kappa shape index (κ1) is 15.9. The summed E-state index contributed by atoms with van der Waals surface area (Å²) in [7, 11) is 0. The van der Waals surface area contributed by atoms with E-state index >= 15 is 0 Å². The van der Waals surface area contributed by atoms with Crippen LogP contribution in [0.5, 0.6) is 0 Å². The highest BCUT2D eigenvalue weighted by molar-refractivity contribution is 7.80. The summed E-state index contributed by atoms with van der Waals surface area (Å²) in [5.74, 6) is -0.442. The topological polar surface area (TPSA) is 84.2 Å². The van der Waals surface area contributed by atoms with Crippen molar-refractivity contribution >= 4 is 29.0 Å². The number of rotatable bonds is 8. The molecule has 0 bridgehead atoms. The van der Waals surface area contributed by atoms with E-state index < -0.39 is 5.92 Å². The van der Waals surface area contributed by atoms with E-state index in [0.717, 1.165) is 12.8 Å². The Balaban J connectivity index is 2.18. The lowest BCUT2D eigenvalue weighted by atomic mass is 9.95. The second-order valence-electron chi connectivity index (χ2n) is 5.36. The largest absolute Gasteiger partial charge is 0.393 e. The van der Waals surface area contributed by atoms with Gasteiger partial charge in [0.1, 0.15) is 0 Å². The zero-order valence-corrected chi connectivity index (χ0v) is 12.4. The highest BCUT2D eigenvalue weighted by Gasteiger charge is 2.25. The maximum absolute atomic E-state index is 11.9. The van der Waals surface area contributed by atoms with Crippen LogP contribution in [0.4, 0.5) is 0 Å². The molecule has 0 heterocycles. The molecule has 2 amide bonds. The van der Waals surface area contributed by atoms with Gasteiger partial charge in [-0.05, 0) is 25.2 Å². The molecule has 1 unspecified atom stereocenters. The average molecular weight is 285 g/mol. The zero-order valence-electron chi connectivity index (χ0n) is 11.6. The third-order valence-corrected chi connectivity index (χ3v) is 3.33. The van der Waals surface area contributed by atoms with E-state index in [0.29, 0.717) is 25.4 Å². The summed E-state index contributed by atoms with van der Waals surface area (Å²) in [6.45, 7) is 4.29. The third kappa shape index (κ3) is 6.00. The number of nitrogens with one attached hydrogen (secondary N) is 2. The number of hydrogen-bond acceptors (Lipinski definition) is 3. The van der Waals surface area contributed by atoms with Crippen molar-refractivity contribution in [3.63, 3.8) is 0 Å². The summed E-state index contributed by atoms with van der Waals surface area (Å²) in [5, 5.41) is 5.69. The van der Waals surface area contributed by atoms with Crippen LogP contribution in [0.25, 0.3) is 0 Å². The first-order valence-corrected chi connectivity index (χ1v) is 7.19. The van der Waals surface area contributed by atoms with Crippen LogP contribution >= 0.6 is 12.2 Å². The maximum atomic E-state index is 11.9. The number of carbonyl (C=O) groups is 2. The first-order chi connectivity index (χ1) is 8.91. The van der Waals surface area contributed by atoms with Gasteiger partial charge in [-0.1, -0.05) is 26.1 Å². The van der Waals surface area contributed by atoms with E-state index in [2.05, 4.69) is 10.6 Å². The van der Waals surface area contributed by atoms with Crippen LogP contribution in [0.15, 0.2) is 0 Å². The van der Waals surface area contributed by atoms with Crippen LogP contribution < -0.4 is 16.4 Å². The van der Waals surface area contributed by atoms with E-state index in [1.165, 1.54) is 0 Å².